The molecule has 1 unspecified atom stereocenters. The summed E-state index contributed by atoms with van der Waals surface area (Å²) in [7, 11) is 1.83. The predicted molar refractivity (Wildman–Crippen MR) is 50.7 cm³/mol. The van der Waals surface area contributed by atoms with E-state index in [0.29, 0.717) is 5.25 Å². The molecule has 0 amide bonds. The van der Waals surface area contributed by atoms with Gasteiger partial charge in [0, 0.05) is 0 Å². The van der Waals surface area contributed by atoms with Crippen LogP contribution in [0.15, 0.2) is 0 Å². The van der Waals surface area contributed by atoms with Gasteiger partial charge in [0.2, 0.25) is 0 Å². The molecule has 0 aliphatic rings. The fourth-order valence-electron chi connectivity index (χ4n) is 0.695. The van der Waals surface area contributed by atoms with Crippen LogP contribution in [0, 0.1) is 11.3 Å². The summed E-state index contributed by atoms with van der Waals surface area (Å²) in [5.74, 6) is 1.07. The van der Waals surface area contributed by atoms with E-state index in [1.54, 1.807) is 0 Å². The molecule has 0 aromatic carbocycles. The molecule has 0 bridgehead atoms. The van der Waals surface area contributed by atoms with Crippen LogP contribution >= 0.6 is 11.8 Å². The smallest absolute Gasteiger partial charge is 0.0958 e. The van der Waals surface area contributed by atoms with Crippen LogP contribution in [-0.4, -0.2) is 24.1 Å². The van der Waals surface area contributed by atoms with Crippen LogP contribution in [0.4, 0.5) is 0 Å². The molecular weight excluding hydrogens is 156 g/mol. The molecule has 0 rings (SSSR count). The zero-order chi connectivity index (χ0) is 8.69. The third-order valence-electron chi connectivity index (χ3n) is 1.36. The van der Waals surface area contributed by atoms with Gasteiger partial charge in [-0.05, 0) is 24.5 Å². The van der Waals surface area contributed by atoms with Crippen molar-refractivity contribution in [2.45, 2.75) is 31.6 Å². The normalized spacial score (nSPS) is 13.0. The fourth-order valence-corrected chi connectivity index (χ4v) is 1.54. The zero-order valence-corrected chi connectivity index (χ0v) is 8.24. The minimum absolute atomic E-state index is 0.0289. The molecule has 0 heterocycles. The van der Waals surface area contributed by atoms with Crippen molar-refractivity contribution < 1.29 is 0 Å². The van der Waals surface area contributed by atoms with Crippen LogP contribution < -0.4 is 5.32 Å². The maximum atomic E-state index is 8.57. The van der Waals surface area contributed by atoms with Crippen LogP contribution in [0.2, 0.25) is 0 Å². The summed E-state index contributed by atoms with van der Waals surface area (Å²) in [6.45, 7) is 4.34. The van der Waals surface area contributed by atoms with E-state index in [-0.39, 0.29) is 6.04 Å². The number of nitrogens with zero attached hydrogens (tertiary/aromatic N) is 1. The summed E-state index contributed by atoms with van der Waals surface area (Å²) in [5.41, 5.74) is 0. The van der Waals surface area contributed by atoms with E-state index in [0.717, 1.165) is 12.2 Å². The molecule has 1 N–H and O–H groups in total. The molecular formula is C8H16N2S. The lowest BCUT2D eigenvalue weighted by Gasteiger charge is -2.07. The quantitative estimate of drug-likeness (QED) is 0.684. The molecule has 0 saturated carbocycles. The highest BCUT2D eigenvalue weighted by Gasteiger charge is 2.03. The van der Waals surface area contributed by atoms with Gasteiger partial charge in [0.1, 0.15) is 0 Å². The van der Waals surface area contributed by atoms with Crippen molar-refractivity contribution in [3.8, 4) is 6.07 Å². The molecule has 2 nitrogen and oxygen atoms in total. The summed E-state index contributed by atoms with van der Waals surface area (Å²) in [6.07, 6.45) is 0.940. The van der Waals surface area contributed by atoms with E-state index in [2.05, 4.69) is 25.2 Å². The molecule has 0 saturated heterocycles. The second-order valence-electron chi connectivity index (χ2n) is 2.68. The SMILES string of the molecule is CNC(C#N)CCSC(C)C. The van der Waals surface area contributed by atoms with E-state index >= 15 is 0 Å². The van der Waals surface area contributed by atoms with Gasteiger partial charge in [-0.15, -0.1) is 0 Å². The third-order valence-corrected chi connectivity index (χ3v) is 2.50. The summed E-state index contributed by atoms with van der Waals surface area (Å²) < 4.78 is 0. The summed E-state index contributed by atoms with van der Waals surface area (Å²) in [5, 5.41) is 12.2. The molecule has 0 fully saturated rings. The van der Waals surface area contributed by atoms with Gasteiger partial charge in [0.25, 0.3) is 0 Å². The minimum atomic E-state index is 0.0289. The maximum absolute atomic E-state index is 8.57. The Labute approximate surface area is 73.4 Å². The zero-order valence-electron chi connectivity index (χ0n) is 7.42. The number of rotatable bonds is 5. The predicted octanol–water partition coefficient (Wildman–Crippen LogP) is 1.63. The van der Waals surface area contributed by atoms with E-state index < -0.39 is 0 Å². The Morgan fingerprint density at radius 3 is 2.55 bits per heavy atom. The summed E-state index contributed by atoms with van der Waals surface area (Å²) in [4.78, 5) is 0. The molecule has 0 aromatic heterocycles. The van der Waals surface area contributed by atoms with E-state index in [4.69, 9.17) is 5.26 Å². The monoisotopic (exact) mass is 172 g/mol. The first-order chi connectivity index (χ1) is 5.20. The van der Waals surface area contributed by atoms with Gasteiger partial charge in [-0.2, -0.15) is 17.0 Å². The number of nitriles is 1. The fraction of sp³-hybridized carbons (Fsp3) is 0.875. The van der Waals surface area contributed by atoms with Crippen molar-refractivity contribution in [1.82, 2.24) is 5.32 Å². The van der Waals surface area contributed by atoms with E-state index in [1.807, 2.05) is 18.8 Å². The standard InChI is InChI=1S/C8H16N2S/c1-7(2)11-5-4-8(6-9)10-3/h7-8,10H,4-5H2,1-3H3. The van der Waals surface area contributed by atoms with Gasteiger partial charge < -0.3 is 5.32 Å². The van der Waals surface area contributed by atoms with Gasteiger partial charge in [-0.3, -0.25) is 0 Å². The maximum Gasteiger partial charge on any atom is 0.0958 e. The van der Waals surface area contributed by atoms with E-state index in [9.17, 15) is 0 Å². The molecule has 11 heavy (non-hydrogen) atoms. The molecule has 0 radical (unpaired) electrons. The van der Waals surface area contributed by atoms with E-state index in [1.165, 1.54) is 0 Å². The molecule has 1 atom stereocenters. The molecule has 0 aliphatic heterocycles. The number of hydrogen-bond acceptors (Lipinski definition) is 3. The lowest BCUT2D eigenvalue weighted by molar-refractivity contribution is 0.663. The topological polar surface area (TPSA) is 35.8 Å². The van der Waals surface area contributed by atoms with Gasteiger partial charge in [-0.1, -0.05) is 13.8 Å². The molecule has 0 spiro atoms. The van der Waals surface area contributed by atoms with Gasteiger partial charge >= 0.3 is 0 Å². The summed E-state index contributed by atoms with van der Waals surface area (Å²) in [6, 6.07) is 2.23. The molecule has 64 valence electrons. The Balaban J connectivity index is 3.30. The minimum Gasteiger partial charge on any atom is -0.305 e. The Bertz CT molecular complexity index is 129. The first-order valence-electron chi connectivity index (χ1n) is 3.89. The second-order valence-corrected chi connectivity index (χ2v) is 4.36. The number of nitrogens with one attached hydrogen (secondary N) is 1. The summed E-state index contributed by atoms with van der Waals surface area (Å²) >= 11 is 1.90. The molecule has 3 heteroatoms. The average molecular weight is 172 g/mol. The Hall–Kier alpha value is -0.200. The largest absolute Gasteiger partial charge is 0.305 e. The van der Waals surface area contributed by atoms with Gasteiger partial charge in [-0.25, -0.2) is 0 Å². The average Bonchev–Trinajstić information content (AvgIpc) is 1.98. The van der Waals surface area contributed by atoms with Crippen LogP contribution in [0.1, 0.15) is 20.3 Å². The van der Waals surface area contributed by atoms with Crippen molar-refractivity contribution >= 4 is 11.8 Å². The van der Waals surface area contributed by atoms with Crippen LogP contribution in [0.3, 0.4) is 0 Å². The van der Waals surface area contributed by atoms with Crippen molar-refractivity contribution in [2.75, 3.05) is 12.8 Å². The number of thioether (sulfide) groups is 1. The van der Waals surface area contributed by atoms with Crippen molar-refractivity contribution in [2.24, 2.45) is 0 Å². The highest BCUT2D eigenvalue weighted by atomic mass is 32.2. The first kappa shape index (κ1) is 10.8. The second kappa shape index (κ2) is 6.51. The Morgan fingerprint density at radius 2 is 2.18 bits per heavy atom. The lowest BCUT2D eigenvalue weighted by Crippen LogP contribution is -2.23. The Morgan fingerprint density at radius 1 is 1.55 bits per heavy atom. The van der Waals surface area contributed by atoms with Gasteiger partial charge in [0.05, 0.1) is 12.1 Å². The van der Waals surface area contributed by atoms with Crippen molar-refractivity contribution in [3.05, 3.63) is 0 Å². The highest BCUT2D eigenvalue weighted by Crippen LogP contribution is 2.10. The number of hydrogen-bond donors (Lipinski definition) is 1. The Kier molecular flexibility index (Phi) is 6.39. The van der Waals surface area contributed by atoms with Crippen LogP contribution in [0.5, 0.6) is 0 Å². The highest BCUT2D eigenvalue weighted by molar-refractivity contribution is 7.99. The molecule has 0 aromatic rings. The van der Waals surface area contributed by atoms with Crippen LogP contribution in [0.25, 0.3) is 0 Å². The molecule has 0 aliphatic carbocycles. The lowest BCUT2D eigenvalue weighted by atomic mass is 10.3. The van der Waals surface area contributed by atoms with Gasteiger partial charge in [0.15, 0.2) is 0 Å². The van der Waals surface area contributed by atoms with Crippen LogP contribution in [-0.2, 0) is 0 Å². The van der Waals surface area contributed by atoms with Crippen molar-refractivity contribution in [1.29, 1.82) is 5.26 Å². The van der Waals surface area contributed by atoms with Crippen molar-refractivity contribution in [3.63, 3.8) is 0 Å². The first-order valence-corrected chi connectivity index (χ1v) is 4.94. The third kappa shape index (κ3) is 6.21.